The van der Waals surface area contributed by atoms with E-state index in [1.165, 1.54) is 12.1 Å². The van der Waals surface area contributed by atoms with Gasteiger partial charge in [0.1, 0.15) is 17.3 Å². The first-order chi connectivity index (χ1) is 13.4. The predicted molar refractivity (Wildman–Crippen MR) is 100 cm³/mol. The van der Waals surface area contributed by atoms with Crippen molar-refractivity contribution >= 4 is 29.5 Å². The second-order valence-corrected chi connectivity index (χ2v) is 6.79. The second-order valence-electron chi connectivity index (χ2n) is 5.78. The van der Waals surface area contributed by atoms with Gasteiger partial charge >= 0.3 is 0 Å². The molecule has 0 spiro atoms. The van der Waals surface area contributed by atoms with Gasteiger partial charge in [0, 0.05) is 28.5 Å². The number of aromatic nitrogens is 3. The van der Waals surface area contributed by atoms with Crippen LogP contribution in [-0.2, 0) is 11.2 Å². The van der Waals surface area contributed by atoms with E-state index in [0.717, 1.165) is 11.8 Å². The summed E-state index contributed by atoms with van der Waals surface area (Å²) in [5, 5.41) is 29.4. The van der Waals surface area contributed by atoms with Gasteiger partial charge in [-0.15, -0.1) is 5.10 Å². The molecule has 3 rings (SSSR count). The van der Waals surface area contributed by atoms with Crippen LogP contribution in [-0.4, -0.2) is 26.1 Å². The third kappa shape index (κ3) is 4.29. The number of carboxylic acids is 1. The van der Waals surface area contributed by atoms with Crippen molar-refractivity contribution in [3.05, 3.63) is 62.5 Å². The number of nitro benzene ring substituents is 1. The highest BCUT2D eigenvalue weighted by atomic mass is 32.2. The Morgan fingerprint density at radius 1 is 1.36 bits per heavy atom. The van der Waals surface area contributed by atoms with E-state index in [0.29, 0.717) is 29.1 Å². The number of rotatable bonds is 7. The molecule has 1 N–H and O–H groups in total. The molecular formula is C18H15N4O5S-. The van der Waals surface area contributed by atoms with Gasteiger partial charge in [0.05, 0.1) is 10.9 Å². The van der Waals surface area contributed by atoms with Gasteiger partial charge in [0.15, 0.2) is 0 Å². The number of hydrogen-bond donors (Lipinski definition) is 1. The van der Waals surface area contributed by atoms with E-state index >= 15 is 0 Å². The zero-order valence-electron chi connectivity index (χ0n) is 15.0. The Balaban J connectivity index is 1.88. The summed E-state index contributed by atoms with van der Waals surface area (Å²) < 4.78 is 5.64. The number of thioether (sulfide) groups is 1. The number of benzene rings is 1. The predicted octanol–water partition coefficient (Wildman–Crippen LogP) is 2.73. The van der Waals surface area contributed by atoms with E-state index in [1.54, 1.807) is 31.2 Å². The van der Waals surface area contributed by atoms with Crippen molar-refractivity contribution in [1.82, 2.24) is 15.2 Å². The van der Waals surface area contributed by atoms with Crippen molar-refractivity contribution in [2.45, 2.75) is 25.4 Å². The molecule has 0 aliphatic rings. The number of carboxylic acid groups (broad SMARTS) is 1. The number of H-pyrrole nitrogens is 1. The maximum atomic E-state index is 11.4. The molecule has 9 nitrogen and oxygen atoms in total. The lowest BCUT2D eigenvalue weighted by Crippen LogP contribution is -2.23. The molecule has 0 saturated heterocycles. The van der Waals surface area contributed by atoms with Gasteiger partial charge in [-0.1, -0.05) is 19.1 Å². The highest BCUT2D eigenvalue weighted by Crippen LogP contribution is 2.30. The zero-order chi connectivity index (χ0) is 20.3. The molecule has 0 saturated carbocycles. The number of carbonyl (C=O) groups is 1. The number of hydrogen-bond acceptors (Lipinski definition) is 8. The molecule has 1 aromatic carbocycles. The Kier molecular flexibility index (Phi) is 5.59. The van der Waals surface area contributed by atoms with Crippen molar-refractivity contribution in [3.8, 4) is 11.3 Å². The van der Waals surface area contributed by atoms with Gasteiger partial charge < -0.3 is 14.3 Å². The maximum Gasteiger partial charge on any atom is 0.273 e. The molecule has 3 aromatic rings. The number of aryl methyl sites for hydroxylation is 2. The smallest absolute Gasteiger partial charge is 0.273 e. The summed E-state index contributed by atoms with van der Waals surface area (Å²) in [7, 11) is 0. The average molecular weight is 399 g/mol. The lowest BCUT2D eigenvalue weighted by molar-refractivity contribution is -0.385. The van der Waals surface area contributed by atoms with E-state index in [4.69, 9.17) is 4.42 Å². The first-order valence-electron chi connectivity index (χ1n) is 8.24. The van der Waals surface area contributed by atoms with Crippen LogP contribution in [0.2, 0.25) is 0 Å². The fourth-order valence-electron chi connectivity index (χ4n) is 2.38. The number of furan rings is 1. The summed E-state index contributed by atoms with van der Waals surface area (Å²) in [4.78, 5) is 26.1. The topological polar surface area (TPSA) is 138 Å². The Morgan fingerprint density at radius 3 is 2.79 bits per heavy atom. The van der Waals surface area contributed by atoms with Gasteiger partial charge in [-0.25, -0.2) is 4.98 Å². The second kappa shape index (κ2) is 8.09. The van der Waals surface area contributed by atoms with Gasteiger partial charge in [0.25, 0.3) is 5.69 Å². The molecule has 0 bridgehead atoms. The molecule has 2 aromatic heterocycles. The molecule has 10 heteroatoms. The molecule has 0 amide bonds. The fraction of sp³-hybridized carbons (Fsp3) is 0.167. The Hall–Kier alpha value is -3.40. The van der Waals surface area contributed by atoms with Crippen molar-refractivity contribution in [2.75, 3.05) is 0 Å². The SMILES string of the molecule is CCc1nc(S/C(=C\c2ccc(-c3ccc(C)c([N+](=O)[O-])c3)o2)C(=O)[O-])n[nH]1. The minimum atomic E-state index is -1.39. The van der Waals surface area contributed by atoms with Gasteiger partial charge in [-0.05, 0) is 36.9 Å². The highest BCUT2D eigenvalue weighted by Gasteiger charge is 2.14. The van der Waals surface area contributed by atoms with Crippen LogP contribution < -0.4 is 5.11 Å². The number of carbonyl (C=O) groups excluding carboxylic acids is 1. The number of aliphatic carboxylic acids is 1. The van der Waals surface area contributed by atoms with Gasteiger partial charge in [-0.2, -0.15) is 0 Å². The first kappa shape index (κ1) is 19.4. The van der Waals surface area contributed by atoms with Crippen molar-refractivity contribution in [1.29, 1.82) is 0 Å². The minimum Gasteiger partial charge on any atom is -0.544 e. The van der Waals surface area contributed by atoms with Crippen molar-refractivity contribution < 1.29 is 19.2 Å². The van der Waals surface area contributed by atoms with Crippen LogP contribution >= 0.6 is 11.8 Å². The fourth-order valence-corrected chi connectivity index (χ4v) is 3.09. The quantitative estimate of drug-likeness (QED) is 0.277. The van der Waals surface area contributed by atoms with E-state index < -0.39 is 10.9 Å². The lowest BCUT2D eigenvalue weighted by atomic mass is 10.1. The third-order valence-corrected chi connectivity index (χ3v) is 4.71. The Morgan fingerprint density at radius 2 is 2.14 bits per heavy atom. The van der Waals surface area contributed by atoms with E-state index in [9.17, 15) is 20.0 Å². The largest absolute Gasteiger partial charge is 0.544 e. The Labute approximate surface area is 163 Å². The minimum absolute atomic E-state index is 0.0201. The highest BCUT2D eigenvalue weighted by molar-refractivity contribution is 8.04. The normalized spacial score (nSPS) is 11.6. The summed E-state index contributed by atoms with van der Waals surface area (Å²) in [6.45, 7) is 3.54. The molecule has 28 heavy (non-hydrogen) atoms. The zero-order valence-corrected chi connectivity index (χ0v) is 15.8. The standard InChI is InChI=1S/C18H16N4O5S/c1-3-16-19-18(21-20-16)28-15(17(23)24)9-12-6-7-14(27-12)11-5-4-10(2)13(8-11)22(25)26/h4-9H,3H2,1-2H3,(H,23,24)(H,19,20,21)/p-1/b15-9-. The molecule has 2 heterocycles. The third-order valence-electron chi connectivity index (χ3n) is 3.84. The van der Waals surface area contributed by atoms with Gasteiger partial charge in [-0.3, -0.25) is 15.2 Å². The molecule has 0 aliphatic carbocycles. The van der Waals surface area contributed by atoms with E-state index in [-0.39, 0.29) is 21.5 Å². The van der Waals surface area contributed by atoms with E-state index in [1.807, 2.05) is 6.92 Å². The number of aromatic amines is 1. The van der Waals surface area contributed by atoms with Crippen molar-refractivity contribution in [3.63, 3.8) is 0 Å². The molecule has 0 aliphatic heterocycles. The molecule has 144 valence electrons. The van der Waals surface area contributed by atoms with Crippen molar-refractivity contribution in [2.24, 2.45) is 0 Å². The average Bonchev–Trinajstić information content (AvgIpc) is 3.30. The molecule has 0 radical (unpaired) electrons. The maximum absolute atomic E-state index is 11.4. The van der Waals surface area contributed by atoms with Crippen LogP contribution in [0.25, 0.3) is 17.4 Å². The van der Waals surface area contributed by atoms with Crippen LogP contribution in [0.1, 0.15) is 24.1 Å². The van der Waals surface area contributed by atoms with Gasteiger partial charge in [0.2, 0.25) is 5.16 Å². The van der Waals surface area contributed by atoms with Crippen LogP contribution in [0.5, 0.6) is 0 Å². The van der Waals surface area contributed by atoms with E-state index in [2.05, 4.69) is 15.2 Å². The number of nitrogens with one attached hydrogen (secondary N) is 1. The summed E-state index contributed by atoms with van der Waals surface area (Å²) in [6.07, 6.45) is 1.94. The summed E-state index contributed by atoms with van der Waals surface area (Å²) in [5.74, 6) is -0.113. The summed E-state index contributed by atoms with van der Waals surface area (Å²) >= 11 is 0.838. The first-order valence-corrected chi connectivity index (χ1v) is 9.06. The van der Waals surface area contributed by atoms with Crippen LogP contribution in [0.15, 0.2) is 44.8 Å². The van der Waals surface area contributed by atoms with Crippen LogP contribution in [0, 0.1) is 17.0 Å². The summed E-state index contributed by atoms with van der Waals surface area (Å²) in [6, 6.07) is 7.92. The number of nitrogens with zero attached hydrogens (tertiary/aromatic N) is 3. The molecule has 0 unspecified atom stereocenters. The molecule has 0 atom stereocenters. The van der Waals surface area contributed by atoms with Crippen LogP contribution in [0.3, 0.4) is 0 Å². The number of nitro groups is 1. The summed E-state index contributed by atoms with van der Waals surface area (Å²) in [5.41, 5.74) is 1.03. The molecular weight excluding hydrogens is 384 g/mol. The monoisotopic (exact) mass is 399 g/mol. The Bertz CT molecular complexity index is 1070. The van der Waals surface area contributed by atoms with Crippen LogP contribution in [0.4, 0.5) is 5.69 Å². The molecule has 0 fully saturated rings. The lowest BCUT2D eigenvalue weighted by Gasteiger charge is -2.04.